The number of anilines is 1. The molecule has 6 heteroatoms. The van der Waals surface area contributed by atoms with Crippen LogP contribution in [0.25, 0.3) is 0 Å². The number of carbonyl (C=O) groups is 1. The molecule has 0 aliphatic heterocycles. The number of rotatable bonds is 9. The van der Waals surface area contributed by atoms with Crippen LogP contribution in [0.4, 0.5) is 5.69 Å². The van der Waals surface area contributed by atoms with E-state index in [4.69, 9.17) is 9.47 Å². The van der Waals surface area contributed by atoms with E-state index in [2.05, 4.69) is 15.6 Å². The summed E-state index contributed by atoms with van der Waals surface area (Å²) in [5.74, 6) is 1.47. The summed E-state index contributed by atoms with van der Waals surface area (Å²) in [6.45, 7) is 3.78. The van der Waals surface area contributed by atoms with Gasteiger partial charge in [0.15, 0.2) is 0 Å². The quantitative estimate of drug-likeness (QED) is 0.692. The average molecular weight is 329 g/mol. The van der Waals surface area contributed by atoms with Crippen LogP contribution in [0, 0.1) is 0 Å². The second kappa shape index (κ2) is 9.39. The van der Waals surface area contributed by atoms with Gasteiger partial charge in [-0.1, -0.05) is 6.92 Å². The van der Waals surface area contributed by atoms with E-state index in [-0.39, 0.29) is 5.91 Å². The number of ether oxygens (including phenoxy) is 2. The van der Waals surface area contributed by atoms with Crippen LogP contribution in [0.15, 0.2) is 42.7 Å². The Bertz CT molecular complexity index is 644. The normalized spacial score (nSPS) is 10.1. The van der Waals surface area contributed by atoms with E-state index in [0.29, 0.717) is 25.3 Å². The maximum absolute atomic E-state index is 11.9. The monoisotopic (exact) mass is 329 g/mol. The number of hydrogen-bond donors (Lipinski definition) is 2. The van der Waals surface area contributed by atoms with E-state index in [9.17, 15) is 4.79 Å². The molecule has 1 heterocycles. The van der Waals surface area contributed by atoms with E-state index in [1.54, 1.807) is 25.6 Å². The van der Waals surface area contributed by atoms with E-state index >= 15 is 0 Å². The van der Waals surface area contributed by atoms with Crippen molar-refractivity contribution in [1.82, 2.24) is 10.3 Å². The molecule has 0 unspecified atom stereocenters. The minimum Gasteiger partial charge on any atom is -0.497 e. The Hall–Kier alpha value is -2.76. The molecule has 0 radical (unpaired) electrons. The van der Waals surface area contributed by atoms with E-state index in [1.807, 2.05) is 31.2 Å². The van der Waals surface area contributed by atoms with Gasteiger partial charge in [-0.05, 0) is 36.8 Å². The van der Waals surface area contributed by atoms with Gasteiger partial charge in [-0.15, -0.1) is 0 Å². The van der Waals surface area contributed by atoms with Gasteiger partial charge in [-0.25, -0.2) is 0 Å². The highest BCUT2D eigenvalue weighted by atomic mass is 16.5. The molecule has 24 heavy (non-hydrogen) atoms. The van der Waals surface area contributed by atoms with Crippen LogP contribution in [0.3, 0.4) is 0 Å². The molecule has 1 aromatic carbocycles. The molecular weight excluding hydrogens is 306 g/mol. The molecular formula is C18H23N3O3. The summed E-state index contributed by atoms with van der Waals surface area (Å²) in [7, 11) is 1.63. The van der Waals surface area contributed by atoms with Crippen molar-refractivity contribution < 1.29 is 14.3 Å². The van der Waals surface area contributed by atoms with Crippen molar-refractivity contribution in [2.45, 2.75) is 13.3 Å². The Morgan fingerprint density at radius 3 is 2.58 bits per heavy atom. The lowest BCUT2D eigenvalue weighted by Gasteiger charge is -2.10. The van der Waals surface area contributed by atoms with Gasteiger partial charge in [0.25, 0.3) is 5.91 Å². The fourth-order valence-electron chi connectivity index (χ4n) is 2.04. The smallest absolute Gasteiger partial charge is 0.252 e. The predicted molar refractivity (Wildman–Crippen MR) is 93.8 cm³/mol. The zero-order chi connectivity index (χ0) is 17.2. The third kappa shape index (κ3) is 5.46. The van der Waals surface area contributed by atoms with Crippen LogP contribution in [0.1, 0.15) is 23.7 Å². The van der Waals surface area contributed by atoms with Crippen LogP contribution in [0.2, 0.25) is 0 Å². The molecule has 0 saturated heterocycles. The topological polar surface area (TPSA) is 72.5 Å². The summed E-state index contributed by atoms with van der Waals surface area (Å²) >= 11 is 0. The van der Waals surface area contributed by atoms with Crippen LogP contribution in [0.5, 0.6) is 11.5 Å². The Balaban J connectivity index is 1.78. The molecule has 128 valence electrons. The summed E-state index contributed by atoms with van der Waals surface area (Å²) in [6, 6.07) is 9.21. The van der Waals surface area contributed by atoms with Crippen molar-refractivity contribution in [3.05, 3.63) is 48.3 Å². The molecule has 0 fully saturated rings. The zero-order valence-electron chi connectivity index (χ0n) is 14.0. The summed E-state index contributed by atoms with van der Waals surface area (Å²) < 4.78 is 10.7. The largest absolute Gasteiger partial charge is 0.497 e. The summed E-state index contributed by atoms with van der Waals surface area (Å²) in [6.07, 6.45) is 4.15. The number of aromatic nitrogens is 1. The van der Waals surface area contributed by atoms with Gasteiger partial charge in [0.05, 0.1) is 18.4 Å². The molecule has 6 nitrogen and oxygen atoms in total. The Kier molecular flexibility index (Phi) is 6.89. The number of hydrogen-bond acceptors (Lipinski definition) is 5. The number of pyridine rings is 1. The number of benzene rings is 1. The molecule has 2 aromatic rings. The van der Waals surface area contributed by atoms with Crippen molar-refractivity contribution in [3.63, 3.8) is 0 Å². The van der Waals surface area contributed by atoms with Gasteiger partial charge in [0.2, 0.25) is 0 Å². The molecule has 2 rings (SSSR count). The molecule has 0 bridgehead atoms. The number of carbonyl (C=O) groups excluding carboxylic acids is 1. The SMILES string of the molecule is CCCNC(=O)c1cncc(NCCOc2ccc(OC)cc2)c1. The zero-order valence-corrected chi connectivity index (χ0v) is 14.0. The molecule has 0 saturated carbocycles. The number of amides is 1. The predicted octanol–water partition coefficient (Wildman–Crippen LogP) is 2.72. The Morgan fingerprint density at radius 1 is 1.12 bits per heavy atom. The highest BCUT2D eigenvalue weighted by Gasteiger charge is 2.05. The van der Waals surface area contributed by atoms with Gasteiger partial charge in [-0.2, -0.15) is 0 Å². The van der Waals surface area contributed by atoms with Gasteiger partial charge >= 0.3 is 0 Å². The molecule has 0 aliphatic rings. The second-order valence-corrected chi connectivity index (χ2v) is 5.17. The van der Waals surface area contributed by atoms with Crippen molar-refractivity contribution in [1.29, 1.82) is 0 Å². The van der Waals surface area contributed by atoms with Crippen LogP contribution < -0.4 is 20.1 Å². The Morgan fingerprint density at radius 2 is 1.88 bits per heavy atom. The minimum absolute atomic E-state index is 0.109. The van der Waals surface area contributed by atoms with Crippen LogP contribution >= 0.6 is 0 Å². The second-order valence-electron chi connectivity index (χ2n) is 5.17. The van der Waals surface area contributed by atoms with Crippen LogP contribution in [-0.4, -0.2) is 37.7 Å². The first-order valence-electron chi connectivity index (χ1n) is 7.97. The van der Waals surface area contributed by atoms with Crippen LogP contribution in [-0.2, 0) is 0 Å². The maximum Gasteiger partial charge on any atom is 0.252 e. The molecule has 1 aromatic heterocycles. The molecule has 0 spiro atoms. The molecule has 2 N–H and O–H groups in total. The lowest BCUT2D eigenvalue weighted by molar-refractivity contribution is 0.0953. The first-order chi connectivity index (χ1) is 11.7. The first-order valence-corrected chi connectivity index (χ1v) is 7.97. The highest BCUT2D eigenvalue weighted by molar-refractivity contribution is 5.94. The van der Waals surface area contributed by atoms with Crippen molar-refractivity contribution in [2.24, 2.45) is 0 Å². The first kappa shape index (κ1) is 17.6. The fourth-order valence-corrected chi connectivity index (χ4v) is 2.04. The standard InChI is InChI=1S/C18H23N3O3/c1-3-8-21-18(22)14-11-15(13-19-12-14)20-9-10-24-17-6-4-16(23-2)5-7-17/h4-7,11-13,20H,3,8-10H2,1-2H3,(H,21,22). The molecule has 1 amide bonds. The highest BCUT2D eigenvalue weighted by Crippen LogP contribution is 2.16. The lowest BCUT2D eigenvalue weighted by Crippen LogP contribution is -2.24. The van der Waals surface area contributed by atoms with Crippen molar-refractivity contribution in [3.8, 4) is 11.5 Å². The van der Waals surface area contributed by atoms with Gasteiger partial charge in [0.1, 0.15) is 18.1 Å². The minimum atomic E-state index is -0.109. The summed E-state index contributed by atoms with van der Waals surface area (Å²) in [5.41, 5.74) is 1.34. The van der Waals surface area contributed by atoms with E-state index in [0.717, 1.165) is 23.6 Å². The average Bonchev–Trinajstić information content (AvgIpc) is 2.64. The number of nitrogens with zero attached hydrogens (tertiary/aromatic N) is 1. The summed E-state index contributed by atoms with van der Waals surface area (Å²) in [5, 5.41) is 6.03. The molecule has 0 atom stereocenters. The number of methoxy groups -OCH3 is 1. The third-order valence-electron chi connectivity index (χ3n) is 3.30. The third-order valence-corrected chi connectivity index (χ3v) is 3.30. The fraction of sp³-hybridized carbons (Fsp3) is 0.333. The van der Waals surface area contributed by atoms with Gasteiger partial charge in [0, 0.05) is 25.5 Å². The van der Waals surface area contributed by atoms with Gasteiger partial charge < -0.3 is 20.1 Å². The summed E-state index contributed by atoms with van der Waals surface area (Å²) in [4.78, 5) is 16.0. The van der Waals surface area contributed by atoms with Crippen molar-refractivity contribution >= 4 is 11.6 Å². The lowest BCUT2D eigenvalue weighted by atomic mass is 10.2. The van der Waals surface area contributed by atoms with Gasteiger partial charge in [-0.3, -0.25) is 9.78 Å². The van der Waals surface area contributed by atoms with Crippen molar-refractivity contribution in [2.75, 3.05) is 32.1 Å². The Labute approximate surface area is 142 Å². The number of nitrogens with one attached hydrogen (secondary N) is 2. The van der Waals surface area contributed by atoms with E-state index < -0.39 is 0 Å². The maximum atomic E-state index is 11.9. The molecule has 0 aliphatic carbocycles. The van der Waals surface area contributed by atoms with E-state index in [1.165, 1.54) is 0 Å².